The summed E-state index contributed by atoms with van der Waals surface area (Å²) in [6, 6.07) is 7.30. The van der Waals surface area contributed by atoms with Crippen LogP contribution in [0.5, 0.6) is 0 Å². The number of carbonyl (C=O) groups is 2. The SMILES string of the molecule is COCC1CC(=O)NC2CC(NC(=O)c3cccc(-n4cnnn4)c3)CCC12. The lowest BCUT2D eigenvalue weighted by Crippen LogP contribution is -2.56. The van der Waals surface area contributed by atoms with E-state index in [2.05, 4.69) is 26.2 Å². The van der Waals surface area contributed by atoms with Crippen molar-refractivity contribution in [2.75, 3.05) is 13.7 Å². The highest BCUT2D eigenvalue weighted by atomic mass is 16.5. The van der Waals surface area contributed by atoms with Gasteiger partial charge in [0.15, 0.2) is 0 Å². The van der Waals surface area contributed by atoms with Crippen LogP contribution in [0.4, 0.5) is 0 Å². The van der Waals surface area contributed by atoms with Crippen molar-refractivity contribution in [1.29, 1.82) is 0 Å². The molecular formula is C19H24N6O3. The van der Waals surface area contributed by atoms with Gasteiger partial charge in [0.2, 0.25) is 5.91 Å². The number of aromatic nitrogens is 4. The number of ether oxygens (including phenoxy) is 1. The number of hydrogen-bond donors (Lipinski definition) is 2. The third-order valence-electron chi connectivity index (χ3n) is 5.74. The van der Waals surface area contributed by atoms with Crippen LogP contribution in [0.2, 0.25) is 0 Å². The van der Waals surface area contributed by atoms with E-state index in [9.17, 15) is 9.59 Å². The number of methoxy groups -OCH3 is 1. The first-order valence-electron chi connectivity index (χ1n) is 9.56. The van der Waals surface area contributed by atoms with Crippen molar-refractivity contribution >= 4 is 11.8 Å². The second kappa shape index (κ2) is 8.05. The van der Waals surface area contributed by atoms with Crippen LogP contribution in [0.3, 0.4) is 0 Å². The third-order valence-corrected chi connectivity index (χ3v) is 5.74. The fraction of sp³-hybridized carbons (Fsp3) is 0.526. The minimum atomic E-state index is -0.131. The molecule has 1 saturated heterocycles. The third kappa shape index (κ3) is 3.89. The van der Waals surface area contributed by atoms with Crippen LogP contribution < -0.4 is 10.6 Å². The summed E-state index contributed by atoms with van der Waals surface area (Å²) < 4.78 is 6.81. The lowest BCUT2D eigenvalue weighted by atomic mass is 9.71. The topological polar surface area (TPSA) is 111 Å². The van der Waals surface area contributed by atoms with E-state index in [1.807, 2.05) is 6.07 Å². The molecule has 1 aliphatic carbocycles. The molecule has 0 bridgehead atoms. The number of tetrazole rings is 1. The Bertz CT molecular complexity index is 840. The molecule has 1 saturated carbocycles. The standard InChI is InChI=1S/C19H24N6O3/c1-28-10-13-8-18(26)22-17-9-14(5-6-16(13)17)21-19(27)12-3-2-4-15(7-12)25-11-20-23-24-25/h2-4,7,11,13-14,16-17H,5-6,8-10H2,1H3,(H,21,27)(H,22,26). The van der Waals surface area contributed by atoms with Gasteiger partial charge in [0.1, 0.15) is 6.33 Å². The average molecular weight is 384 g/mol. The smallest absolute Gasteiger partial charge is 0.251 e. The van der Waals surface area contributed by atoms with E-state index < -0.39 is 0 Å². The molecule has 2 N–H and O–H groups in total. The molecule has 2 amide bonds. The van der Waals surface area contributed by atoms with Gasteiger partial charge in [-0.15, -0.1) is 5.10 Å². The van der Waals surface area contributed by atoms with Gasteiger partial charge < -0.3 is 15.4 Å². The van der Waals surface area contributed by atoms with Crippen LogP contribution in [-0.4, -0.2) is 57.8 Å². The van der Waals surface area contributed by atoms with Crippen LogP contribution in [-0.2, 0) is 9.53 Å². The maximum Gasteiger partial charge on any atom is 0.251 e. The summed E-state index contributed by atoms with van der Waals surface area (Å²) in [7, 11) is 1.68. The minimum Gasteiger partial charge on any atom is -0.384 e. The van der Waals surface area contributed by atoms with E-state index in [1.54, 1.807) is 25.3 Å². The number of amides is 2. The molecule has 2 heterocycles. The minimum absolute atomic E-state index is 0.0343. The molecule has 1 aromatic heterocycles. The number of carbonyl (C=O) groups excluding carboxylic acids is 2. The molecule has 4 atom stereocenters. The predicted molar refractivity (Wildman–Crippen MR) is 99.7 cm³/mol. The van der Waals surface area contributed by atoms with E-state index in [4.69, 9.17) is 4.74 Å². The fourth-order valence-corrected chi connectivity index (χ4v) is 4.45. The monoisotopic (exact) mass is 384 g/mol. The van der Waals surface area contributed by atoms with Gasteiger partial charge in [-0.25, -0.2) is 4.68 Å². The van der Waals surface area contributed by atoms with Crippen molar-refractivity contribution in [3.8, 4) is 5.69 Å². The summed E-state index contributed by atoms with van der Waals surface area (Å²) in [6.07, 6.45) is 4.62. The first-order valence-corrected chi connectivity index (χ1v) is 9.56. The molecule has 1 aliphatic heterocycles. The number of benzene rings is 1. The van der Waals surface area contributed by atoms with Crippen LogP contribution in [0.15, 0.2) is 30.6 Å². The second-order valence-corrected chi connectivity index (χ2v) is 7.55. The van der Waals surface area contributed by atoms with Crippen LogP contribution >= 0.6 is 0 Å². The molecule has 4 rings (SSSR count). The molecule has 28 heavy (non-hydrogen) atoms. The summed E-state index contributed by atoms with van der Waals surface area (Å²) in [4.78, 5) is 24.8. The molecule has 0 radical (unpaired) electrons. The Kier molecular flexibility index (Phi) is 5.34. The van der Waals surface area contributed by atoms with E-state index in [-0.39, 0.29) is 29.8 Å². The molecule has 2 aromatic rings. The van der Waals surface area contributed by atoms with E-state index in [0.29, 0.717) is 24.5 Å². The van der Waals surface area contributed by atoms with Crippen molar-refractivity contribution in [3.63, 3.8) is 0 Å². The van der Waals surface area contributed by atoms with Crippen LogP contribution in [0, 0.1) is 11.8 Å². The maximum atomic E-state index is 12.7. The number of nitrogens with zero attached hydrogens (tertiary/aromatic N) is 4. The van der Waals surface area contributed by atoms with Crippen LogP contribution in [0.25, 0.3) is 5.69 Å². The Balaban J connectivity index is 1.41. The Hall–Kier alpha value is -2.81. The largest absolute Gasteiger partial charge is 0.384 e. The Morgan fingerprint density at radius 3 is 3.07 bits per heavy atom. The maximum absolute atomic E-state index is 12.7. The molecule has 9 heteroatoms. The Morgan fingerprint density at radius 1 is 1.39 bits per heavy atom. The molecule has 9 nitrogen and oxygen atoms in total. The number of fused-ring (bicyclic) bond motifs is 1. The van der Waals surface area contributed by atoms with Crippen molar-refractivity contribution in [1.82, 2.24) is 30.8 Å². The van der Waals surface area contributed by atoms with Crippen molar-refractivity contribution < 1.29 is 14.3 Å². The molecule has 2 fully saturated rings. The average Bonchev–Trinajstić information content (AvgIpc) is 3.23. The van der Waals surface area contributed by atoms with Crippen molar-refractivity contribution in [2.45, 2.75) is 37.8 Å². The normalized spacial score (nSPS) is 27.0. The zero-order chi connectivity index (χ0) is 19.5. The Morgan fingerprint density at radius 2 is 2.29 bits per heavy atom. The number of rotatable bonds is 5. The van der Waals surface area contributed by atoms with Gasteiger partial charge in [0.05, 0.1) is 5.69 Å². The van der Waals surface area contributed by atoms with Crippen LogP contribution in [0.1, 0.15) is 36.0 Å². The molecular weight excluding hydrogens is 360 g/mol. The summed E-state index contributed by atoms with van der Waals surface area (Å²) in [5.41, 5.74) is 1.28. The first kappa shape index (κ1) is 18.5. The van der Waals surface area contributed by atoms with Gasteiger partial charge >= 0.3 is 0 Å². The quantitative estimate of drug-likeness (QED) is 0.786. The van der Waals surface area contributed by atoms with Gasteiger partial charge in [0, 0.05) is 37.8 Å². The number of piperidine rings is 1. The number of nitrogens with one attached hydrogen (secondary N) is 2. The fourth-order valence-electron chi connectivity index (χ4n) is 4.45. The second-order valence-electron chi connectivity index (χ2n) is 7.55. The number of hydrogen-bond acceptors (Lipinski definition) is 6. The first-order chi connectivity index (χ1) is 13.6. The van der Waals surface area contributed by atoms with Gasteiger partial charge in [0.25, 0.3) is 5.91 Å². The summed E-state index contributed by atoms with van der Waals surface area (Å²) in [5.74, 6) is 0.612. The van der Waals surface area contributed by atoms with E-state index in [1.165, 1.54) is 11.0 Å². The van der Waals surface area contributed by atoms with Crippen molar-refractivity contribution in [3.05, 3.63) is 36.2 Å². The highest BCUT2D eigenvalue weighted by Gasteiger charge is 2.40. The van der Waals surface area contributed by atoms with E-state index >= 15 is 0 Å². The van der Waals surface area contributed by atoms with Crippen molar-refractivity contribution in [2.24, 2.45) is 11.8 Å². The molecule has 1 aromatic carbocycles. The highest BCUT2D eigenvalue weighted by molar-refractivity contribution is 5.94. The van der Waals surface area contributed by atoms with Gasteiger partial charge in [-0.3, -0.25) is 9.59 Å². The van der Waals surface area contributed by atoms with Gasteiger partial charge in [-0.1, -0.05) is 6.07 Å². The molecule has 0 spiro atoms. The predicted octanol–water partition coefficient (Wildman–Crippen LogP) is 0.712. The zero-order valence-corrected chi connectivity index (χ0v) is 15.7. The highest BCUT2D eigenvalue weighted by Crippen LogP contribution is 2.35. The van der Waals surface area contributed by atoms with Gasteiger partial charge in [-0.2, -0.15) is 0 Å². The zero-order valence-electron chi connectivity index (χ0n) is 15.7. The summed E-state index contributed by atoms with van der Waals surface area (Å²) >= 11 is 0. The lowest BCUT2D eigenvalue weighted by Gasteiger charge is -2.43. The molecule has 148 valence electrons. The summed E-state index contributed by atoms with van der Waals surface area (Å²) in [5, 5.41) is 17.3. The lowest BCUT2D eigenvalue weighted by molar-refractivity contribution is -0.128. The molecule has 2 aliphatic rings. The van der Waals surface area contributed by atoms with E-state index in [0.717, 1.165) is 24.9 Å². The summed E-state index contributed by atoms with van der Waals surface area (Å²) in [6.45, 7) is 0.607. The molecule has 4 unspecified atom stereocenters. The Labute approximate surface area is 162 Å². The van der Waals surface area contributed by atoms with Gasteiger partial charge in [-0.05, 0) is 59.7 Å².